The van der Waals surface area contributed by atoms with Crippen LogP contribution in [0.15, 0.2) is 0 Å². The van der Waals surface area contributed by atoms with E-state index in [1.807, 2.05) is 0 Å². The summed E-state index contributed by atoms with van der Waals surface area (Å²) in [5, 5.41) is 9.41. The summed E-state index contributed by atoms with van der Waals surface area (Å²) in [6.07, 6.45) is 0.472. The van der Waals surface area contributed by atoms with Crippen molar-refractivity contribution >= 4 is 17.8 Å². The molecule has 3 N–H and O–H groups in total. The Bertz CT molecular complexity index is 401. The van der Waals surface area contributed by atoms with E-state index in [9.17, 15) is 19.5 Å². The normalized spacial score (nSPS) is 23.3. The van der Waals surface area contributed by atoms with E-state index in [1.165, 1.54) is 0 Å². The Balaban J connectivity index is 3.13. The molecular weight excluding hydrogens is 252 g/mol. The van der Waals surface area contributed by atoms with Crippen molar-refractivity contribution in [1.82, 2.24) is 4.90 Å². The second kappa shape index (κ2) is 5.16. The van der Waals surface area contributed by atoms with E-state index in [-0.39, 0.29) is 19.5 Å². The summed E-state index contributed by atoms with van der Waals surface area (Å²) >= 11 is 0. The minimum absolute atomic E-state index is 0.0446. The van der Waals surface area contributed by atoms with Gasteiger partial charge >= 0.3 is 11.9 Å². The van der Waals surface area contributed by atoms with Gasteiger partial charge in [-0.15, -0.1) is 0 Å². The van der Waals surface area contributed by atoms with Crippen LogP contribution in [0.1, 0.15) is 33.6 Å². The van der Waals surface area contributed by atoms with Gasteiger partial charge in [0.05, 0.1) is 6.54 Å². The van der Waals surface area contributed by atoms with Crippen molar-refractivity contribution in [2.45, 2.75) is 44.8 Å². The number of carbonyl (C=O) groups is 3. The van der Waals surface area contributed by atoms with Crippen molar-refractivity contribution in [3.05, 3.63) is 0 Å². The Kier molecular flexibility index (Phi) is 4.19. The number of ether oxygens (including phenoxy) is 1. The molecule has 7 heteroatoms. The number of hydrogen-bond acceptors (Lipinski definition) is 5. The molecule has 7 nitrogen and oxygen atoms in total. The van der Waals surface area contributed by atoms with Crippen LogP contribution in [0.3, 0.4) is 0 Å². The second-order valence-electron chi connectivity index (χ2n) is 5.52. The highest BCUT2D eigenvalue weighted by Crippen LogP contribution is 2.32. The maximum Gasteiger partial charge on any atom is 0.344 e. The molecule has 1 unspecified atom stereocenters. The summed E-state index contributed by atoms with van der Waals surface area (Å²) in [4.78, 5) is 36.5. The second-order valence-corrected chi connectivity index (χ2v) is 5.52. The zero-order chi connectivity index (χ0) is 14.8. The highest BCUT2D eigenvalue weighted by atomic mass is 16.6. The van der Waals surface area contributed by atoms with Crippen LogP contribution in [0, 0.1) is 0 Å². The van der Waals surface area contributed by atoms with Gasteiger partial charge in [-0.05, 0) is 33.6 Å². The Labute approximate surface area is 111 Å². The Morgan fingerprint density at radius 3 is 2.37 bits per heavy atom. The molecular formula is C12H20N2O5. The molecule has 0 radical (unpaired) electrons. The molecule has 1 fully saturated rings. The maximum atomic E-state index is 12.2. The van der Waals surface area contributed by atoms with Crippen LogP contribution >= 0.6 is 0 Å². The molecule has 1 aliphatic rings. The van der Waals surface area contributed by atoms with Gasteiger partial charge in [0.1, 0.15) is 5.60 Å². The van der Waals surface area contributed by atoms with E-state index in [0.717, 1.165) is 4.90 Å². The number of amides is 1. The van der Waals surface area contributed by atoms with E-state index in [4.69, 9.17) is 10.5 Å². The topological polar surface area (TPSA) is 110 Å². The van der Waals surface area contributed by atoms with E-state index in [2.05, 4.69) is 0 Å². The van der Waals surface area contributed by atoms with Gasteiger partial charge in [0.2, 0.25) is 11.4 Å². The van der Waals surface area contributed by atoms with Crippen LogP contribution in [0.5, 0.6) is 0 Å². The molecule has 108 valence electrons. The number of aliphatic carboxylic acids is 1. The van der Waals surface area contributed by atoms with E-state index >= 15 is 0 Å². The fourth-order valence-electron chi connectivity index (χ4n) is 2.15. The number of carboxylic acids is 1. The van der Waals surface area contributed by atoms with E-state index in [1.54, 1.807) is 20.8 Å². The van der Waals surface area contributed by atoms with Crippen LogP contribution in [0.2, 0.25) is 0 Å². The number of carbonyl (C=O) groups excluding carboxylic acids is 2. The number of hydrogen-bond donors (Lipinski definition) is 2. The lowest BCUT2D eigenvalue weighted by molar-refractivity contribution is -0.180. The summed E-state index contributed by atoms with van der Waals surface area (Å²) in [6, 6.07) is 0. The third-order valence-corrected chi connectivity index (χ3v) is 2.95. The highest BCUT2D eigenvalue weighted by molar-refractivity contribution is 6.07. The van der Waals surface area contributed by atoms with Crippen molar-refractivity contribution in [1.29, 1.82) is 0 Å². The van der Waals surface area contributed by atoms with Gasteiger partial charge in [-0.2, -0.15) is 0 Å². The molecule has 1 rings (SSSR count). The maximum absolute atomic E-state index is 12.2. The van der Waals surface area contributed by atoms with E-state index < -0.39 is 29.0 Å². The molecule has 19 heavy (non-hydrogen) atoms. The number of likely N-dealkylation sites (tertiary alicyclic amines) is 1. The first kappa shape index (κ1) is 15.4. The van der Waals surface area contributed by atoms with Crippen LogP contribution < -0.4 is 5.73 Å². The summed E-state index contributed by atoms with van der Waals surface area (Å²) in [7, 11) is 0. The van der Waals surface area contributed by atoms with Crippen LogP contribution in [0.4, 0.5) is 0 Å². The average molecular weight is 272 g/mol. The van der Waals surface area contributed by atoms with Gasteiger partial charge in [0.15, 0.2) is 0 Å². The van der Waals surface area contributed by atoms with Crippen LogP contribution in [0.25, 0.3) is 0 Å². The molecule has 0 saturated carbocycles. The summed E-state index contributed by atoms with van der Waals surface area (Å²) in [5.74, 6) is -2.85. The molecule has 0 aliphatic carbocycles. The molecule has 1 saturated heterocycles. The molecule has 1 aliphatic heterocycles. The molecule has 1 atom stereocenters. The average Bonchev–Trinajstić information content (AvgIpc) is 2.71. The lowest BCUT2D eigenvalue weighted by Gasteiger charge is -2.34. The monoisotopic (exact) mass is 272 g/mol. The van der Waals surface area contributed by atoms with Gasteiger partial charge in [-0.25, -0.2) is 9.59 Å². The van der Waals surface area contributed by atoms with Gasteiger partial charge in [-0.3, -0.25) is 4.79 Å². The van der Waals surface area contributed by atoms with Crippen molar-refractivity contribution in [2.24, 2.45) is 5.73 Å². The lowest BCUT2D eigenvalue weighted by atomic mass is 9.95. The van der Waals surface area contributed by atoms with Gasteiger partial charge in [-0.1, -0.05) is 0 Å². The SMILES string of the molecule is CC(C)(C)OC(=O)C1(C(=O)O)CCCN1C(=O)CN. The van der Waals surface area contributed by atoms with E-state index in [0.29, 0.717) is 6.42 Å². The standard InChI is InChI=1S/C12H20N2O5/c1-11(2,3)19-10(18)12(9(16)17)5-4-6-14(12)8(15)7-13/h4-7,13H2,1-3H3,(H,16,17). The Morgan fingerprint density at radius 2 is 1.95 bits per heavy atom. The predicted molar refractivity (Wildman–Crippen MR) is 66.2 cm³/mol. The zero-order valence-electron chi connectivity index (χ0n) is 11.4. The first-order chi connectivity index (χ1) is 8.65. The van der Waals surface area contributed by atoms with Crippen molar-refractivity contribution < 1.29 is 24.2 Å². The van der Waals surface area contributed by atoms with Gasteiger partial charge in [0.25, 0.3) is 0 Å². The minimum Gasteiger partial charge on any atom is -0.479 e. The third-order valence-electron chi connectivity index (χ3n) is 2.95. The molecule has 1 amide bonds. The Hall–Kier alpha value is -1.63. The molecule has 1 heterocycles. The fourth-order valence-corrected chi connectivity index (χ4v) is 2.15. The quantitative estimate of drug-likeness (QED) is 0.540. The molecule has 0 aromatic heterocycles. The van der Waals surface area contributed by atoms with Crippen LogP contribution in [-0.4, -0.2) is 52.1 Å². The molecule has 0 aromatic carbocycles. The van der Waals surface area contributed by atoms with Crippen LogP contribution in [-0.2, 0) is 19.1 Å². The zero-order valence-corrected chi connectivity index (χ0v) is 11.4. The summed E-state index contributed by atoms with van der Waals surface area (Å²) in [5.41, 5.74) is 2.50. The number of nitrogens with zero attached hydrogens (tertiary/aromatic N) is 1. The minimum atomic E-state index is -1.94. The molecule has 0 aromatic rings. The largest absolute Gasteiger partial charge is 0.479 e. The van der Waals surface area contributed by atoms with Gasteiger partial charge < -0.3 is 20.5 Å². The first-order valence-electron chi connectivity index (χ1n) is 6.12. The van der Waals surface area contributed by atoms with Crippen molar-refractivity contribution in [3.63, 3.8) is 0 Å². The number of rotatable bonds is 3. The van der Waals surface area contributed by atoms with Gasteiger partial charge in [0, 0.05) is 6.54 Å². The molecule has 0 bridgehead atoms. The smallest absolute Gasteiger partial charge is 0.344 e. The number of nitrogens with two attached hydrogens (primary N) is 1. The predicted octanol–water partition coefficient (Wildman–Crippen LogP) is -0.267. The fraction of sp³-hybridized carbons (Fsp3) is 0.750. The Morgan fingerprint density at radius 1 is 1.37 bits per heavy atom. The number of esters is 1. The molecule has 0 spiro atoms. The lowest BCUT2D eigenvalue weighted by Crippen LogP contribution is -2.61. The summed E-state index contributed by atoms with van der Waals surface area (Å²) < 4.78 is 5.16. The van der Waals surface area contributed by atoms with Crippen molar-refractivity contribution in [3.8, 4) is 0 Å². The number of carboxylic acid groups (broad SMARTS) is 1. The highest BCUT2D eigenvalue weighted by Gasteiger charge is 2.57. The summed E-state index contributed by atoms with van der Waals surface area (Å²) in [6.45, 7) is 4.79. The third kappa shape index (κ3) is 2.86. The van der Waals surface area contributed by atoms with Crippen molar-refractivity contribution in [2.75, 3.05) is 13.1 Å². The first-order valence-corrected chi connectivity index (χ1v) is 6.12.